The van der Waals surface area contributed by atoms with E-state index in [-0.39, 0.29) is 16.2 Å². The summed E-state index contributed by atoms with van der Waals surface area (Å²) in [6.07, 6.45) is 0. The number of sulfonamides is 1. The molecule has 3 aromatic carbocycles. The summed E-state index contributed by atoms with van der Waals surface area (Å²) in [5.74, 6) is 1.06. The fourth-order valence-electron chi connectivity index (χ4n) is 2.67. The number of hydrogen-bond acceptors (Lipinski definition) is 6. The smallest absolute Gasteiger partial charge is 0.259 e. The van der Waals surface area contributed by atoms with Crippen molar-refractivity contribution < 1.29 is 27.4 Å². The van der Waals surface area contributed by atoms with Crippen molar-refractivity contribution in [3.63, 3.8) is 0 Å². The number of halogens is 1. The molecule has 0 spiro atoms. The van der Waals surface area contributed by atoms with Crippen molar-refractivity contribution in [2.24, 2.45) is 5.14 Å². The Kier molecular flexibility index (Phi) is 6.69. The van der Waals surface area contributed by atoms with E-state index < -0.39 is 15.9 Å². The summed E-state index contributed by atoms with van der Waals surface area (Å²) in [4.78, 5) is 12.8. The van der Waals surface area contributed by atoms with Gasteiger partial charge in [-0.3, -0.25) is 4.79 Å². The standard InChI is InChI=1S/C21H19ClN2O6S/c1-28-15-6-10-18(20(12-15)29-2)30-19-11-13(22)3-9-17(19)21(25)24-14-4-7-16(8-5-14)31(23,26)27/h3-12H,1-2H3,(H,24,25)(H2,23,26,27). The molecule has 0 saturated heterocycles. The van der Waals surface area contributed by atoms with Crippen molar-refractivity contribution in [1.29, 1.82) is 0 Å². The molecule has 0 atom stereocenters. The highest BCUT2D eigenvalue weighted by Gasteiger charge is 2.17. The second-order valence-electron chi connectivity index (χ2n) is 6.28. The van der Waals surface area contributed by atoms with E-state index in [1.165, 1.54) is 50.6 Å². The van der Waals surface area contributed by atoms with Gasteiger partial charge in [0.2, 0.25) is 10.0 Å². The van der Waals surface area contributed by atoms with Crippen LogP contribution in [0.5, 0.6) is 23.0 Å². The highest BCUT2D eigenvalue weighted by atomic mass is 35.5. The van der Waals surface area contributed by atoms with Gasteiger partial charge in [-0.15, -0.1) is 0 Å². The number of ether oxygens (including phenoxy) is 3. The van der Waals surface area contributed by atoms with Crippen LogP contribution < -0.4 is 24.7 Å². The van der Waals surface area contributed by atoms with Gasteiger partial charge >= 0.3 is 0 Å². The molecule has 0 fully saturated rings. The Hall–Kier alpha value is -3.27. The van der Waals surface area contributed by atoms with Crippen molar-refractivity contribution >= 4 is 33.2 Å². The van der Waals surface area contributed by atoms with Gasteiger partial charge in [0, 0.05) is 22.8 Å². The molecule has 0 unspecified atom stereocenters. The summed E-state index contributed by atoms with van der Waals surface area (Å²) in [6, 6.07) is 15.0. The van der Waals surface area contributed by atoms with Gasteiger partial charge in [-0.2, -0.15) is 0 Å². The molecule has 8 nitrogen and oxygen atoms in total. The molecule has 0 bridgehead atoms. The summed E-state index contributed by atoms with van der Waals surface area (Å²) < 4.78 is 39.2. The number of benzene rings is 3. The molecule has 0 aliphatic carbocycles. The number of nitrogens with one attached hydrogen (secondary N) is 1. The van der Waals surface area contributed by atoms with Gasteiger partial charge in [0.15, 0.2) is 11.5 Å². The maximum Gasteiger partial charge on any atom is 0.259 e. The third kappa shape index (κ3) is 5.46. The quantitative estimate of drug-likeness (QED) is 0.547. The Morgan fingerprint density at radius 1 is 0.903 bits per heavy atom. The van der Waals surface area contributed by atoms with Gasteiger partial charge in [-0.1, -0.05) is 11.6 Å². The van der Waals surface area contributed by atoms with E-state index in [1.54, 1.807) is 24.3 Å². The summed E-state index contributed by atoms with van der Waals surface area (Å²) in [5, 5.41) is 8.14. The molecule has 3 rings (SSSR count). The van der Waals surface area contributed by atoms with Crippen molar-refractivity contribution in [1.82, 2.24) is 0 Å². The van der Waals surface area contributed by atoms with Crippen LogP contribution in [0.1, 0.15) is 10.4 Å². The van der Waals surface area contributed by atoms with Gasteiger partial charge in [0.1, 0.15) is 11.5 Å². The maximum atomic E-state index is 12.8. The summed E-state index contributed by atoms with van der Waals surface area (Å²) in [7, 11) is -0.810. The SMILES string of the molecule is COc1ccc(Oc2cc(Cl)ccc2C(=O)Nc2ccc(S(N)(=O)=O)cc2)c(OC)c1. The molecular formula is C21H19ClN2O6S. The maximum absolute atomic E-state index is 12.8. The normalized spacial score (nSPS) is 11.0. The van der Waals surface area contributed by atoms with Gasteiger partial charge in [-0.05, 0) is 48.5 Å². The van der Waals surface area contributed by atoms with Crippen LogP contribution in [0, 0.1) is 0 Å². The van der Waals surface area contributed by atoms with Crippen LogP contribution in [0.3, 0.4) is 0 Å². The molecule has 3 N–H and O–H groups in total. The Bertz CT molecular complexity index is 1210. The molecule has 0 heterocycles. The molecule has 0 aliphatic rings. The number of primary sulfonamides is 1. The lowest BCUT2D eigenvalue weighted by Gasteiger charge is -2.15. The first-order valence-electron chi connectivity index (χ1n) is 8.85. The number of carbonyl (C=O) groups excluding carboxylic acids is 1. The van der Waals surface area contributed by atoms with Gasteiger partial charge < -0.3 is 19.5 Å². The molecule has 1 amide bonds. The molecule has 0 aromatic heterocycles. The fraction of sp³-hybridized carbons (Fsp3) is 0.0952. The van der Waals surface area contributed by atoms with Gasteiger partial charge in [0.25, 0.3) is 5.91 Å². The summed E-state index contributed by atoms with van der Waals surface area (Å²) in [6.45, 7) is 0. The molecule has 3 aromatic rings. The van der Waals surface area contributed by atoms with E-state index in [4.69, 9.17) is 31.0 Å². The monoisotopic (exact) mass is 462 g/mol. The average Bonchev–Trinajstić information content (AvgIpc) is 2.73. The van der Waals surface area contributed by atoms with E-state index in [0.29, 0.717) is 28.0 Å². The van der Waals surface area contributed by atoms with Crippen LogP contribution in [-0.2, 0) is 10.0 Å². The van der Waals surface area contributed by atoms with Crippen molar-refractivity contribution in [3.8, 4) is 23.0 Å². The molecule has 0 radical (unpaired) electrons. The zero-order chi connectivity index (χ0) is 22.6. The number of amides is 1. The fourth-order valence-corrected chi connectivity index (χ4v) is 3.35. The van der Waals surface area contributed by atoms with E-state index >= 15 is 0 Å². The summed E-state index contributed by atoms with van der Waals surface area (Å²) >= 11 is 6.10. The van der Waals surface area contributed by atoms with Crippen LogP contribution in [-0.4, -0.2) is 28.5 Å². The van der Waals surface area contributed by atoms with E-state index in [1.807, 2.05) is 0 Å². The first kappa shape index (κ1) is 22.4. The molecule has 10 heteroatoms. The lowest BCUT2D eigenvalue weighted by Crippen LogP contribution is -2.14. The molecular weight excluding hydrogens is 444 g/mol. The third-order valence-corrected chi connectivity index (χ3v) is 5.38. The Balaban J connectivity index is 1.88. The lowest BCUT2D eigenvalue weighted by molar-refractivity contribution is 0.102. The van der Waals surface area contributed by atoms with Crippen LogP contribution in [0.25, 0.3) is 0 Å². The molecule has 162 valence electrons. The van der Waals surface area contributed by atoms with Crippen molar-refractivity contribution in [3.05, 3.63) is 71.2 Å². The number of hydrogen-bond donors (Lipinski definition) is 2. The van der Waals surface area contributed by atoms with Crippen LogP contribution in [0.15, 0.2) is 65.6 Å². The highest BCUT2D eigenvalue weighted by molar-refractivity contribution is 7.89. The van der Waals surface area contributed by atoms with Crippen molar-refractivity contribution in [2.75, 3.05) is 19.5 Å². The minimum atomic E-state index is -3.83. The first-order valence-corrected chi connectivity index (χ1v) is 10.8. The Morgan fingerprint density at radius 2 is 1.61 bits per heavy atom. The largest absolute Gasteiger partial charge is 0.497 e. The molecule has 31 heavy (non-hydrogen) atoms. The summed E-state index contributed by atoms with van der Waals surface area (Å²) in [5.41, 5.74) is 0.582. The minimum Gasteiger partial charge on any atom is -0.497 e. The highest BCUT2D eigenvalue weighted by Crippen LogP contribution is 2.37. The topological polar surface area (TPSA) is 117 Å². The number of anilines is 1. The van der Waals surface area contributed by atoms with Crippen molar-refractivity contribution in [2.45, 2.75) is 4.90 Å². The lowest BCUT2D eigenvalue weighted by atomic mass is 10.1. The second kappa shape index (κ2) is 9.25. The second-order valence-corrected chi connectivity index (χ2v) is 8.28. The number of carbonyl (C=O) groups is 1. The van der Waals surface area contributed by atoms with E-state index in [2.05, 4.69) is 5.32 Å². The van der Waals surface area contributed by atoms with Crippen LogP contribution in [0.2, 0.25) is 5.02 Å². The average molecular weight is 463 g/mol. The van der Waals surface area contributed by atoms with Crippen LogP contribution in [0.4, 0.5) is 5.69 Å². The van der Waals surface area contributed by atoms with Gasteiger partial charge in [-0.25, -0.2) is 13.6 Å². The molecule has 0 aliphatic heterocycles. The number of rotatable bonds is 7. The zero-order valence-electron chi connectivity index (χ0n) is 16.6. The zero-order valence-corrected chi connectivity index (χ0v) is 18.2. The third-order valence-electron chi connectivity index (χ3n) is 4.22. The first-order chi connectivity index (χ1) is 14.7. The predicted octanol–water partition coefficient (Wildman–Crippen LogP) is 4.05. The number of nitrogens with two attached hydrogens (primary N) is 1. The Labute approximate surface area is 184 Å². The van der Waals surface area contributed by atoms with Gasteiger partial charge in [0.05, 0.1) is 24.7 Å². The van der Waals surface area contributed by atoms with Crippen LogP contribution >= 0.6 is 11.6 Å². The predicted molar refractivity (Wildman–Crippen MR) is 117 cm³/mol. The molecule has 0 saturated carbocycles. The number of methoxy groups -OCH3 is 2. The van der Waals surface area contributed by atoms with E-state index in [9.17, 15) is 13.2 Å². The van der Waals surface area contributed by atoms with E-state index in [0.717, 1.165) is 0 Å². The Morgan fingerprint density at radius 3 is 2.23 bits per heavy atom. The minimum absolute atomic E-state index is 0.0624.